The molecule has 0 aromatic carbocycles. The molecule has 0 atom stereocenters. The molecule has 130 valence electrons. The Morgan fingerprint density at radius 1 is 1.22 bits per heavy atom. The van der Waals surface area contributed by atoms with Crippen LogP contribution in [-0.2, 0) is 6.42 Å². The van der Waals surface area contributed by atoms with Gasteiger partial charge in [-0.15, -0.1) is 11.3 Å². The number of nitrogens with zero attached hydrogens (tertiary/aromatic N) is 3. The number of hydrogen-bond donors (Lipinski definition) is 2. The van der Waals surface area contributed by atoms with E-state index in [1.54, 1.807) is 0 Å². The molecule has 1 aliphatic rings. The maximum absolute atomic E-state index is 4.29. The van der Waals surface area contributed by atoms with Crippen LogP contribution in [0.5, 0.6) is 0 Å². The van der Waals surface area contributed by atoms with Crippen molar-refractivity contribution in [1.82, 2.24) is 20.4 Å². The zero-order chi connectivity index (χ0) is 16.3. The van der Waals surface area contributed by atoms with E-state index in [4.69, 9.17) is 0 Å². The van der Waals surface area contributed by atoms with Gasteiger partial charge in [0.05, 0.1) is 0 Å². The molecule has 0 spiro atoms. The third kappa shape index (κ3) is 7.33. The van der Waals surface area contributed by atoms with Crippen molar-refractivity contribution in [2.45, 2.75) is 19.3 Å². The molecular formula is C17H31N5S. The number of aliphatic imine (C=N–C) groups is 1. The molecule has 0 amide bonds. The Hall–Kier alpha value is -1.11. The van der Waals surface area contributed by atoms with Crippen LogP contribution in [0, 0.1) is 0 Å². The Morgan fingerprint density at radius 2 is 2.09 bits per heavy atom. The molecule has 5 nitrogen and oxygen atoms in total. The van der Waals surface area contributed by atoms with Gasteiger partial charge in [-0.05, 0) is 57.4 Å². The fourth-order valence-electron chi connectivity index (χ4n) is 2.81. The summed E-state index contributed by atoms with van der Waals surface area (Å²) >= 11 is 1.81. The number of likely N-dealkylation sites (N-methyl/N-ethyl adjacent to an activating group) is 1. The summed E-state index contributed by atoms with van der Waals surface area (Å²) in [7, 11) is 4.06. The average molecular weight is 338 g/mol. The first-order valence-electron chi connectivity index (χ1n) is 8.66. The zero-order valence-corrected chi connectivity index (χ0v) is 15.4. The van der Waals surface area contributed by atoms with Crippen LogP contribution in [0.15, 0.2) is 22.5 Å². The zero-order valence-electron chi connectivity index (χ0n) is 14.6. The topological polar surface area (TPSA) is 42.9 Å². The van der Waals surface area contributed by atoms with Gasteiger partial charge < -0.3 is 20.4 Å². The summed E-state index contributed by atoms with van der Waals surface area (Å²) in [6.45, 7) is 7.94. The normalized spacial score (nSPS) is 17.9. The molecule has 1 aromatic heterocycles. The van der Waals surface area contributed by atoms with Gasteiger partial charge >= 0.3 is 0 Å². The van der Waals surface area contributed by atoms with Gasteiger partial charge in [0.2, 0.25) is 0 Å². The van der Waals surface area contributed by atoms with E-state index in [2.05, 4.69) is 50.0 Å². The van der Waals surface area contributed by atoms with Gasteiger partial charge in [0.1, 0.15) is 0 Å². The minimum absolute atomic E-state index is 0.914. The molecule has 0 bridgehead atoms. The fraction of sp³-hybridized carbons (Fsp3) is 0.706. The molecule has 2 N–H and O–H groups in total. The number of nitrogens with one attached hydrogen (secondary N) is 2. The van der Waals surface area contributed by atoms with Crippen LogP contribution in [0.3, 0.4) is 0 Å². The first kappa shape index (κ1) is 18.2. The predicted molar refractivity (Wildman–Crippen MR) is 101 cm³/mol. The van der Waals surface area contributed by atoms with Crippen molar-refractivity contribution in [3.8, 4) is 0 Å². The van der Waals surface area contributed by atoms with E-state index in [-0.39, 0.29) is 0 Å². The van der Waals surface area contributed by atoms with E-state index in [1.165, 1.54) is 44.0 Å². The van der Waals surface area contributed by atoms with E-state index in [1.807, 2.05) is 18.4 Å². The van der Waals surface area contributed by atoms with E-state index in [9.17, 15) is 0 Å². The summed E-state index contributed by atoms with van der Waals surface area (Å²) in [4.78, 5) is 10.7. The van der Waals surface area contributed by atoms with Crippen LogP contribution in [0.25, 0.3) is 0 Å². The van der Waals surface area contributed by atoms with Crippen molar-refractivity contribution in [2.24, 2.45) is 4.99 Å². The van der Waals surface area contributed by atoms with Gasteiger partial charge in [0.15, 0.2) is 5.96 Å². The van der Waals surface area contributed by atoms with Crippen LogP contribution in [0.4, 0.5) is 0 Å². The van der Waals surface area contributed by atoms with Gasteiger partial charge in [-0.25, -0.2) is 0 Å². The first-order chi connectivity index (χ1) is 11.3. The van der Waals surface area contributed by atoms with Gasteiger partial charge in [-0.3, -0.25) is 4.99 Å². The number of hydrogen-bond acceptors (Lipinski definition) is 4. The van der Waals surface area contributed by atoms with Crippen molar-refractivity contribution in [3.63, 3.8) is 0 Å². The summed E-state index contributed by atoms with van der Waals surface area (Å²) < 4.78 is 0. The Kier molecular flexibility index (Phi) is 8.42. The lowest BCUT2D eigenvalue weighted by molar-refractivity contribution is 0.274. The summed E-state index contributed by atoms with van der Waals surface area (Å²) in [6, 6.07) is 4.29. The van der Waals surface area contributed by atoms with Crippen molar-refractivity contribution in [2.75, 3.05) is 59.9 Å². The molecule has 1 aliphatic heterocycles. The monoisotopic (exact) mass is 337 g/mol. The average Bonchev–Trinajstić information content (AvgIpc) is 2.99. The minimum atomic E-state index is 0.914. The fourth-order valence-corrected chi connectivity index (χ4v) is 3.52. The lowest BCUT2D eigenvalue weighted by Gasteiger charge is -2.20. The molecule has 0 unspecified atom stereocenters. The highest BCUT2D eigenvalue weighted by atomic mass is 32.1. The van der Waals surface area contributed by atoms with Crippen LogP contribution in [-0.4, -0.2) is 75.7 Å². The van der Waals surface area contributed by atoms with Gasteiger partial charge in [0, 0.05) is 38.1 Å². The van der Waals surface area contributed by atoms with E-state index >= 15 is 0 Å². The highest BCUT2D eigenvalue weighted by Gasteiger charge is 2.11. The second kappa shape index (κ2) is 10.6. The summed E-state index contributed by atoms with van der Waals surface area (Å²) in [5, 5.41) is 8.93. The quantitative estimate of drug-likeness (QED) is 0.449. The predicted octanol–water partition coefficient (Wildman–Crippen LogP) is 1.48. The van der Waals surface area contributed by atoms with E-state index in [0.29, 0.717) is 0 Å². The summed E-state index contributed by atoms with van der Waals surface area (Å²) in [5.41, 5.74) is 0. The second-order valence-electron chi connectivity index (χ2n) is 6.11. The van der Waals surface area contributed by atoms with Crippen LogP contribution >= 0.6 is 11.3 Å². The van der Waals surface area contributed by atoms with E-state index in [0.717, 1.165) is 31.9 Å². The van der Waals surface area contributed by atoms with Crippen molar-refractivity contribution < 1.29 is 0 Å². The minimum Gasteiger partial charge on any atom is -0.356 e. The molecule has 0 radical (unpaired) electrons. The van der Waals surface area contributed by atoms with Crippen molar-refractivity contribution >= 4 is 17.3 Å². The van der Waals surface area contributed by atoms with Crippen LogP contribution in [0.2, 0.25) is 0 Å². The SMILES string of the molecule is CN=C(NCCCN1CCCN(C)CC1)NCCc1cccs1. The Morgan fingerprint density at radius 3 is 2.87 bits per heavy atom. The molecule has 1 aromatic rings. The van der Waals surface area contributed by atoms with E-state index < -0.39 is 0 Å². The first-order valence-corrected chi connectivity index (χ1v) is 9.53. The lowest BCUT2D eigenvalue weighted by Crippen LogP contribution is -2.39. The molecule has 0 saturated carbocycles. The molecule has 2 rings (SSSR count). The molecule has 0 aliphatic carbocycles. The molecule has 6 heteroatoms. The lowest BCUT2D eigenvalue weighted by atomic mass is 10.3. The summed E-state index contributed by atoms with van der Waals surface area (Å²) in [6.07, 6.45) is 3.50. The van der Waals surface area contributed by atoms with Gasteiger partial charge in [-0.1, -0.05) is 6.07 Å². The number of guanidine groups is 1. The van der Waals surface area contributed by atoms with Crippen molar-refractivity contribution in [3.05, 3.63) is 22.4 Å². The van der Waals surface area contributed by atoms with Gasteiger partial charge in [-0.2, -0.15) is 0 Å². The third-order valence-electron chi connectivity index (χ3n) is 4.22. The Labute approximate surface area is 144 Å². The number of thiophene rings is 1. The van der Waals surface area contributed by atoms with Crippen LogP contribution < -0.4 is 10.6 Å². The molecular weight excluding hydrogens is 306 g/mol. The molecule has 2 heterocycles. The molecule has 23 heavy (non-hydrogen) atoms. The van der Waals surface area contributed by atoms with Gasteiger partial charge in [0.25, 0.3) is 0 Å². The molecule has 1 fully saturated rings. The highest BCUT2D eigenvalue weighted by Crippen LogP contribution is 2.08. The van der Waals surface area contributed by atoms with Crippen LogP contribution in [0.1, 0.15) is 17.7 Å². The maximum Gasteiger partial charge on any atom is 0.190 e. The summed E-state index contributed by atoms with van der Waals surface area (Å²) in [5.74, 6) is 0.914. The smallest absolute Gasteiger partial charge is 0.190 e. The molecule has 1 saturated heterocycles. The second-order valence-corrected chi connectivity index (χ2v) is 7.14. The van der Waals surface area contributed by atoms with Crippen molar-refractivity contribution in [1.29, 1.82) is 0 Å². The largest absolute Gasteiger partial charge is 0.356 e. The Bertz CT molecular complexity index is 446. The maximum atomic E-state index is 4.29. The highest BCUT2D eigenvalue weighted by molar-refractivity contribution is 7.09. The number of rotatable bonds is 7. The standard InChI is InChI=1S/C17H31N5S/c1-18-17(20-9-7-16-6-3-15-23-16)19-8-4-11-22-12-5-10-21(2)13-14-22/h3,6,15H,4-5,7-14H2,1-2H3,(H2,18,19,20). The Balaban J connectivity index is 1.54. The third-order valence-corrected chi connectivity index (χ3v) is 5.16.